The van der Waals surface area contributed by atoms with Crippen molar-refractivity contribution in [3.8, 4) is 23.0 Å². The Balaban J connectivity index is 2.22. The van der Waals surface area contributed by atoms with Crippen LogP contribution in [0, 0.1) is 0 Å². The Morgan fingerprint density at radius 2 is 1.75 bits per heavy atom. The minimum atomic E-state index is 0.628. The minimum absolute atomic E-state index is 0.628. The molecule has 0 N–H and O–H groups in total. The van der Waals surface area contributed by atoms with Crippen molar-refractivity contribution in [2.75, 3.05) is 14.2 Å². The van der Waals surface area contributed by atoms with Crippen molar-refractivity contribution >= 4 is 0 Å². The maximum absolute atomic E-state index is 5.53. The first-order chi connectivity index (χ1) is 7.83. The van der Waals surface area contributed by atoms with Crippen molar-refractivity contribution in [3.63, 3.8) is 0 Å². The van der Waals surface area contributed by atoms with Crippen LogP contribution in [0.3, 0.4) is 0 Å². The lowest BCUT2D eigenvalue weighted by Crippen LogP contribution is -1.91. The smallest absolute Gasteiger partial charge is 0.165 e. The summed E-state index contributed by atoms with van der Waals surface area (Å²) in [5.41, 5.74) is 0. The fourth-order valence-electron chi connectivity index (χ4n) is 1.33. The van der Waals surface area contributed by atoms with Crippen LogP contribution in [0.1, 0.15) is 0 Å². The van der Waals surface area contributed by atoms with E-state index < -0.39 is 0 Å². The van der Waals surface area contributed by atoms with E-state index >= 15 is 0 Å². The molecule has 1 aromatic heterocycles. The highest BCUT2D eigenvalue weighted by Gasteiger charge is 2.06. The number of hydrogen-bond donors (Lipinski definition) is 0. The highest BCUT2D eigenvalue weighted by molar-refractivity contribution is 5.46. The second-order valence-corrected chi connectivity index (χ2v) is 3.08. The SMILES string of the molecule is COc1ccc(Oc2ccoc2)cc1OC. The van der Waals surface area contributed by atoms with Crippen molar-refractivity contribution in [3.05, 3.63) is 36.8 Å². The van der Waals surface area contributed by atoms with Gasteiger partial charge in [0, 0.05) is 12.1 Å². The van der Waals surface area contributed by atoms with Gasteiger partial charge in [-0.25, -0.2) is 0 Å². The lowest BCUT2D eigenvalue weighted by molar-refractivity contribution is 0.352. The predicted molar refractivity (Wildman–Crippen MR) is 58.3 cm³/mol. The summed E-state index contributed by atoms with van der Waals surface area (Å²) >= 11 is 0. The van der Waals surface area contributed by atoms with Gasteiger partial charge >= 0.3 is 0 Å². The average molecular weight is 220 g/mol. The molecule has 1 aromatic carbocycles. The van der Waals surface area contributed by atoms with E-state index in [9.17, 15) is 0 Å². The highest BCUT2D eigenvalue weighted by Crippen LogP contribution is 2.32. The maximum Gasteiger partial charge on any atom is 0.165 e. The van der Waals surface area contributed by atoms with Crippen molar-refractivity contribution in [1.82, 2.24) is 0 Å². The first kappa shape index (κ1) is 10.4. The zero-order valence-electron chi connectivity index (χ0n) is 9.10. The van der Waals surface area contributed by atoms with Crippen LogP contribution in [0.5, 0.6) is 23.0 Å². The molecule has 0 amide bonds. The van der Waals surface area contributed by atoms with E-state index in [2.05, 4.69) is 0 Å². The fourth-order valence-corrected chi connectivity index (χ4v) is 1.33. The van der Waals surface area contributed by atoms with E-state index in [4.69, 9.17) is 18.6 Å². The molecule has 0 spiro atoms. The van der Waals surface area contributed by atoms with Gasteiger partial charge in [0.15, 0.2) is 17.2 Å². The molecule has 0 fully saturated rings. The summed E-state index contributed by atoms with van der Waals surface area (Å²) in [6.45, 7) is 0. The molecule has 0 aliphatic carbocycles. The summed E-state index contributed by atoms with van der Waals surface area (Å²) < 4.78 is 20.7. The van der Waals surface area contributed by atoms with E-state index in [0.717, 1.165) is 0 Å². The van der Waals surface area contributed by atoms with Crippen LogP contribution in [0.15, 0.2) is 41.2 Å². The Kier molecular flexibility index (Phi) is 3.00. The molecule has 0 aliphatic heterocycles. The van der Waals surface area contributed by atoms with Crippen LogP contribution in [0.25, 0.3) is 0 Å². The van der Waals surface area contributed by atoms with Crippen LogP contribution in [-0.2, 0) is 0 Å². The summed E-state index contributed by atoms with van der Waals surface area (Å²) in [5.74, 6) is 2.61. The molecular formula is C12H12O4. The molecule has 0 aliphatic rings. The van der Waals surface area contributed by atoms with Gasteiger partial charge in [0.2, 0.25) is 0 Å². The van der Waals surface area contributed by atoms with Gasteiger partial charge in [0.25, 0.3) is 0 Å². The van der Waals surface area contributed by atoms with Crippen LogP contribution in [-0.4, -0.2) is 14.2 Å². The second kappa shape index (κ2) is 4.61. The van der Waals surface area contributed by atoms with Gasteiger partial charge in [0.1, 0.15) is 12.0 Å². The van der Waals surface area contributed by atoms with Crippen molar-refractivity contribution in [1.29, 1.82) is 0 Å². The topological polar surface area (TPSA) is 40.8 Å². The molecular weight excluding hydrogens is 208 g/mol. The lowest BCUT2D eigenvalue weighted by Gasteiger charge is -2.09. The number of rotatable bonds is 4. The molecule has 2 aromatic rings. The molecule has 0 atom stereocenters. The van der Waals surface area contributed by atoms with Gasteiger partial charge in [-0.1, -0.05) is 0 Å². The quantitative estimate of drug-likeness (QED) is 0.793. The van der Waals surface area contributed by atoms with E-state index in [1.165, 1.54) is 6.26 Å². The zero-order chi connectivity index (χ0) is 11.4. The molecule has 84 valence electrons. The van der Waals surface area contributed by atoms with E-state index in [-0.39, 0.29) is 0 Å². The third-order valence-electron chi connectivity index (χ3n) is 2.09. The highest BCUT2D eigenvalue weighted by atomic mass is 16.5. The van der Waals surface area contributed by atoms with Crippen LogP contribution >= 0.6 is 0 Å². The Morgan fingerprint density at radius 3 is 2.38 bits per heavy atom. The van der Waals surface area contributed by atoms with Crippen LogP contribution < -0.4 is 14.2 Å². The second-order valence-electron chi connectivity index (χ2n) is 3.08. The zero-order valence-corrected chi connectivity index (χ0v) is 9.10. The van der Waals surface area contributed by atoms with Gasteiger partial charge in [-0.2, -0.15) is 0 Å². The third kappa shape index (κ3) is 2.11. The summed E-state index contributed by atoms with van der Waals surface area (Å²) in [7, 11) is 3.17. The number of hydrogen-bond acceptors (Lipinski definition) is 4. The molecule has 1 heterocycles. The molecule has 2 rings (SSSR count). The lowest BCUT2D eigenvalue weighted by atomic mass is 10.3. The normalized spacial score (nSPS) is 9.88. The molecule has 4 heteroatoms. The monoisotopic (exact) mass is 220 g/mol. The Bertz CT molecular complexity index is 448. The largest absolute Gasteiger partial charge is 0.493 e. The number of furan rings is 1. The molecule has 0 saturated heterocycles. The van der Waals surface area contributed by atoms with Crippen molar-refractivity contribution in [2.45, 2.75) is 0 Å². The van der Waals surface area contributed by atoms with Gasteiger partial charge < -0.3 is 18.6 Å². The average Bonchev–Trinajstić information content (AvgIpc) is 2.81. The molecule has 0 unspecified atom stereocenters. The molecule has 0 saturated carbocycles. The van der Waals surface area contributed by atoms with Crippen LogP contribution in [0.4, 0.5) is 0 Å². The van der Waals surface area contributed by atoms with E-state index in [0.29, 0.717) is 23.0 Å². The number of methoxy groups -OCH3 is 2. The van der Waals surface area contributed by atoms with E-state index in [1.807, 2.05) is 0 Å². The fraction of sp³-hybridized carbons (Fsp3) is 0.167. The Hall–Kier alpha value is -2.10. The van der Waals surface area contributed by atoms with Crippen molar-refractivity contribution < 1.29 is 18.6 Å². The van der Waals surface area contributed by atoms with Gasteiger partial charge in [-0.15, -0.1) is 0 Å². The first-order valence-electron chi connectivity index (χ1n) is 4.75. The molecule has 4 nitrogen and oxygen atoms in total. The molecule has 16 heavy (non-hydrogen) atoms. The third-order valence-corrected chi connectivity index (χ3v) is 2.09. The maximum atomic E-state index is 5.53. The minimum Gasteiger partial charge on any atom is -0.493 e. The van der Waals surface area contributed by atoms with Gasteiger partial charge in [-0.3, -0.25) is 0 Å². The predicted octanol–water partition coefficient (Wildman–Crippen LogP) is 3.09. The summed E-state index contributed by atoms with van der Waals surface area (Å²) in [4.78, 5) is 0. The first-order valence-corrected chi connectivity index (χ1v) is 4.75. The molecule has 0 bridgehead atoms. The number of benzene rings is 1. The summed E-state index contributed by atoms with van der Waals surface area (Å²) in [6, 6.07) is 7.07. The van der Waals surface area contributed by atoms with Gasteiger partial charge in [-0.05, 0) is 12.1 Å². The van der Waals surface area contributed by atoms with Gasteiger partial charge in [0.05, 0.1) is 20.5 Å². The van der Waals surface area contributed by atoms with E-state index in [1.54, 1.807) is 44.7 Å². The number of ether oxygens (including phenoxy) is 3. The Morgan fingerprint density at radius 1 is 0.938 bits per heavy atom. The van der Waals surface area contributed by atoms with Crippen LogP contribution in [0.2, 0.25) is 0 Å². The summed E-state index contributed by atoms with van der Waals surface area (Å²) in [6.07, 6.45) is 3.08. The standard InChI is InChI=1S/C12H12O4/c1-13-11-4-3-9(7-12(11)14-2)16-10-5-6-15-8-10/h3-8H,1-2H3. The Labute approximate surface area is 93.4 Å². The molecule has 0 radical (unpaired) electrons. The van der Waals surface area contributed by atoms with Crippen molar-refractivity contribution in [2.24, 2.45) is 0 Å². The summed E-state index contributed by atoms with van der Waals surface area (Å²) in [5, 5.41) is 0.